The van der Waals surface area contributed by atoms with E-state index in [1.54, 1.807) is 18.3 Å². The molecule has 8 nitrogen and oxygen atoms in total. The molecule has 2 heterocycles. The van der Waals surface area contributed by atoms with Crippen molar-refractivity contribution in [2.75, 3.05) is 0 Å². The Bertz CT molecular complexity index is 1380. The van der Waals surface area contributed by atoms with Gasteiger partial charge in [0.2, 0.25) is 0 Å². The van der Waals surface area contributed by atoms with E-state index >= 15 is 0 Å². The quantitative estimate of drug-likeness (QED) is 0.406. The van der Waals surface area contributed by atoms with E-state index in [1.165, 1.54) is 18.3 Å². The van der Waals surface area contributed by atoms with Crippen molar-refractivity contribution in [3.8, 4) is 0 Å². The zero-order chi connectivity index (χ0) is 24.3. The van der Waals surface area contributed by atoms with Gasteiger partial charge in [-0.25, -0.2) is 18.4 Å². The maximum absolute atomic E-state index is 12.8. The van der Waals surface area contributed by atoms with Gasteiger partial charge < -0.3 is 16.8 Å². The minimum atomic E-state index is -3.48. The number of nitrogens with two attached hydrogens (primary N) is 2. The number of benzene rings is 1. The van der Waals surface area contributed by atoms with Gasteiger partial charge in [0.25, 0.3) is 5.91 Å². The maximum atomic E-state index is 12.8. The smallest absolute Gasteiger partial charge is 0.252 e. The van der Waals surface area contributed by atoms with E-state index < -0.39 is 26.9 Å². The van der Waals surface area contributed by atoms with Crippen LogP contribution in [0.5, 0.6) is 0 Å². The number of halogens is 1. The Hall–Kier alpha value is -2.11. The highest BCUT2D eigenvalue weighted by atomic mass is 35.5. The van der Waals surface area contributed by atoms with E-state index in [1.807, 2.05) is 18.2 Å². The molecule has 2 saturated carbocycles. The molecular weight excluding hydrogens is 494 g/mol. The maximum Gasteiger partial charge on any atom is 0.252 e. The highest BCUT2D eigenvalue weighted by Crippen LogP contribution is 2.48. The fourth-order valence-electron chi connectivity index (χ4n) is 4.64. The van der Waals surface area contributed by atoms with Crippen molar-refractivity contribution >= 4 is 48.9 Å². The average molecular weight is 520 g/mol. The summed E-state index contributed by atoms with van der Waals surface area (Å²) in [5, 5.41) is 3.91. The number of aromatic nitrogens is 2. The lowest BCUT2D eigenvalue weighted by molar-refractivity contribution is 0.0809. The van der Waals surface area contributed by atoms with Crippen molar-refractivity contribution in [1.82, 2.24) is 15.3 Å². The number of hydrogen-bond acceptors (Lipinski definition) is 8. The lowest BCUT2D eigenvalue weighted by atomic mass is 9.66. The second-order valence-corrected chi connectivity index (χ2v) is 13.4. The van der Waals surface area contributed by atoms with Crippen LogP contribution < -0.4 is 16.8 Å². The summed E-state index contributed by atoms with van der Waals surface area (Å²) in [7, 11) is -3.48. The Morgan fingerprint density at radius 2 is 2.03 bits per heavy atom. The molecule has 1 atom stereocenters. The second-order valence-electron chi connectivity index (χ2n) is 9.76. The van der Waals surface area contributed by atoms with Gasteiger partial charge in [-0.05, 0) is 75.3 Å². The van der Waals surface area contributed by atoms with Crippen molar-refractivity contribution in [2.24, 2.45) is 17.4 Å². The molecular formula is C23H26ClN5O3S2. The van der Waals surface area contributed by atoms with Gasteiger partial charge in [-0.3, -0.25) is 4.79 Å². The largest absolute Gasteiger partial charge is 0.334 e. The van der Waals surface area contributed by atoms with E-state index in [9.17, 15) is 13.2 Å². The molecule has 0 aliphatic heterocycles. The molecule has 11 heteroatoms. The fraction of sp³-hybridized carbons (Fsp3) is 0.435. The summed E-state index contributed by atoms with van der Waals surface area (Å²) in [4.78, 5) is 21.5. The monoisotopic (exact) mass is 519 g/mol. The van der Waals surface area contributed by atoms with Crippen molar-refractivity contribution in [1.29, 1.82) is 0 Å². The second kappa shape index (κ2) is 8.23. The molecule has 0 unspecified atom stereocenters. The topological polar surface area (TPSA) is 141 Å². The van der Waals surface area contributed by atoms with Gasteiger partial charge in [0.05, 0.1) is 26.7 Å². The molecule has 5 rings (SSSR count). The van der Waals surface area contributed by atoms with Crippen LogP contribution in [0.3, 0.4) is 0 Å². The van der Waals surface area contributed by atoms with Gasteiger partial charge in [0.1, 0.15) is 5.01 Å². The van der Waals surface area contributed by atoms with Crippen LogP contribution in [0.25, 0.3) is 10.2 Å². The lowest BCUT2D eigenvalue weighted by Gasteiger charge is -2.46. The summed E-state index contributed by atoms with van der Waals surface area (Å²) in [6, 6.07) is 8.44. The van der Waals surface area contributed by atoms with Gasteiger partial charge in [0, 0.05) is 16.8 Å². The number of carbonyl (C=O) groups is 1. The summed E-state index contributed by atoms with van der Waals surface area (Å²) < 4.78 is 26.0. The molecule has 1 amide bonds. The molecule has 5 N–H and O–H groups in total. The number of rotatable bonds is 7. The molecule has 2 fully saturated rings. The van der Waals surface area contributed by atoms with Gasteiger partial charge in [-0.15, -0.1) is 11.3 Å². The normalized spacial score (nSPS) is 24.4. The van der Waals surface area contributed by atoms with Gasteiger partial charge in [0.15, 0.2) is 14.9 Å². The Morgan fingerprint density at radius 3 is 2.74 bits per heavy atom. The molecule has 1 aromatic carbocycles. The standard InChI is InChI=1S/C23H26ClN5O3S2/c1-22(25,29-20(30)14-6-7-27-19(8-14)34(31,32)16-3-4-16)10-13-11-23(26,12-13)21-28-17-9-15(24)2-5-18(17)33-21/h2,5-9,13,16H,3-4,10-12,25-26H2,1H3,(H,29,30)/t13-,22-,23+/m0/s1. The van der Waals surface area contributed by atoms with Crippen LogP contribution in [0.15, 0.2) is 41.6 Å². The van der Waals surface area contributed by atoms with Crippen LogP contribution in [0.1, 0.15) is 54.4 Å². The van der Waals surface area contributed by atoms with Gasteiger partial charge in [-0.2, -0.15) is 0 Å². The van der Waals surface area contributed by atoms with E-state index in [0.717, 1.165) is 15.2 Å². The minimum Gasteiger partial charge on any atom is -0.334 e. The summed E-state index contributed by atoms with van der Waals surface area (Å²) >= 11 is 7.65. The van der Waals surface area contributed by atoms with E-state index in [0.29, 0.717) is 37.1 Å². The zero-order valence-electron chi connectivity index (χ0n) is 18.6. The first-order chi connectivity index (χ1) is 16.0. The lowest BCUT2D eigenvalue weighted by Crippen LogP contribution is -2.58. The number of amides is 1. The molecule has 0 bridgehead atoms. The number of pyridine rings is 1. The van der Waals surface area contributed by atoms with Crippen molar-refractivity contribution in [2.45, 2.75) is 60.5 Å². The Balaban J connectivity index is 1.22. The number of thiazole rings is 1. The van der Waals surface area contributed by atoms with Crippen LogP contribution in [0.4, 0.5) is 0 Å². The molecule has 0 spiro atoms. The predicted molar refractivity (Wildman–Crippen MR) is 132 cm³/mol. The number of carbonyl (C=O) groups excluding carboxylic acids is 1. The third-order valence-electron chi connectivity index (χ3n) is 6.44. The van der Waals surface area contributed by atoms with Crippen molar-refractivity contribution in [3.63, 3.8) is 0 Å². The van der Waals surface area contributed by atoms with Crippen molar-refractivity contribution in [3.05, 3.63) is 52.1 Å². The first-order valence-electron chi connectivity index (χ1n) is 11.1. The summed E-state index contributed by atoms with van der Waals surface area (Å²) in [5.74, 6) is -0.208. The molecule has 3 aromatic rings. The molecule has 2 aliphatic rings. The van der Waals surface area contributed by atoms with Crippen LogP contribution in [-0.4, -0.2) is 35.2 Å². The van der Waals surface area contributed by atoms with Gasteiger partial charge >= 0.3 is 0 Å². The number of nitrogens with one attached hydrogen (secondary N) is 1. The number of nitrogens with zero attached hydrogens (tertiary/aromatic N) is 2. The third kappa shape index (κ3) is 4.57. The highest BCUT2D eigenvalue weighted by molar-refractivity contribution is 7.92. The van der Waals surface area contributed by atoms with Crippen LogP contribution >= 0.6 is 22.9 Å². The first kappa shape index (κ1) is 23.6. The SMILES string of the molecule is C[C@@](N)(C[C@H]1C[C@](N)(c2nc3cc(Cl)ccc3s2)C1)NC(=O)c1ccnc(S(=O)(=O)C2CC2)c1. The molecule has 2 aliphatic carbocycles. The number of fused-ring (bicyclic) bond motifs is 1. The van der Waals surface area contributed by atoms with E-state index in [-0.39, 0.29) is 21.8 Å². The number of sulfone groups is 1. The van der Waals surface area contributed by atoms with Gasteiger partial charge in [-0.1, -0.05) is 11.6 Å². The van der Waals surface area contributed by atoms with Crippen LogP contribution in [-0.2, 0) is 15.4 Å². The van der Waals surface area contributed by atoms with Crippen molar-refractivity contribution < 1.29 is 13.2 Å². The summed E-state index contributed by atoms with van der Waals surface area (Å²) in [6.07, 6.45) is 4.57. The Labute approximate surface area is 207 Å². The van der Waals surface area contributed by atoms with Crippen LogP contribution in [0, 0.1) is 5.92 Å². The summed E-state index contributed by atoms with van der Waals surface area (Å²) in [6.45, 7) is 1.75. The Morgan fingerprint density at radius 1 is 1.29 bits per heavy atom. The summed E-state index contributed by atoms with van der Waals surface area (Å²) in [5.41, 5.74) is 12.6. The first-order valence-corrected chi connectivity index (χ1v) is 13.9. The highest BCUT2D eigenvalue weighted by Gasteiger charge is 2.46. The number of hydrogen-bond donors (Lipinski definition) is 3. The van der Waals surface area contributed by atoms with Crippen LogP contribution in [0.2, 0.25) is 5.02 Å². The molecule has 34 heavy (non-hydrogen) atoms. The minimum absolute atomic E-state index is 0.0644. The van der Waals surface area contributed by atoms with E-state index in [4.69, 9.17) is 23.1 Å². The zero-order valence-corrected chi connectivity index (χ0v) is 21.0. The predicted octanol–water partition coefficient (Wildman–Crippen LogP) is 3.34. The molecule has 180 valence electrons. The molecule has 0 saturated heterocycles. The Kier molecular flexibility index (Phi) is 5.72. The third-order valence-corrected chi connectivity index (χ3v) is 10.1. The average Bonchev–Trinajstić information content (AvgIpc) is 3.52. The fourth-order valence-corrected chi connectivity index (χ4v) is 7.47. The molecule has 2 aromatic heterocycles. The molecule has 0 radical (unpaired) electrons. The van der Waals surface area contributed by atoms with E-state index in [2.05, 4.69) is 15.3 Å².